The van der Waals surface area contributed by atoms with E-state index >= 15 is 0 Å². The highest BCUT2D eigenvalue weighted by atomic mass is 35.5. The normalized spacial score (nSPS) is 9.12. The first kappa shape index (κ1) is 14.7. The lowest BCUT2D eigenvalue weighted by Gasteiger charge is -2.06. The zero-order valence-corrected chi connectivity index (χ0v) is 10.3. The SMILES string of the molecule is CNCCC(=O)Nc1cccc(OC)c1.Cl. The fourth-order valence-electron chi connectivity index (χ4n) is 1.16. The van der Waals surface area contributed by atoms with Crippen LogP contribution in [0.2, 0.25) is 0 Å². The number of carbonyl (C=O) groups is 1. The number of carbonyl (C=O) groups excluding carboxylic acids is 1. The summed E-state index contributed by atoms with van der Waals surface area (Å²) in [7, 11) is 3.42. The molecular weight excluding hydrogens is 228 g/mol. The number of rotatable bonds is 5. The van der Waals surface area contributed by atoms with Crippen LogP contribution in [0.3, 0.4) is 0 Å². The van der Waals surface area contributed by atoms with Crippen LogP contribution in [0.5, 0.6) is 5.75 Å². The van der Waals surface area contributed by atoms with Gasteiger partial charge < -0.3 is 15.4 Å². The summed E-state index contributed by atoms with van der Waals surface area (Å²) >= 11 is 0. The van der Waals surface area contributed by atoms with Crippen molar-refractivity contribution in [2.75, 3.05) is 26.0 Å². The summed E-state index contributed by atoms with van der Waals surface area (Å²) < 4.78 is 5.05. The molecule has 0 aromatic heterocycles. The summed E-state index contributed by atoms with van der Waals surface area (Å²) in [5, 5.41) is 5.71. The summed E-state index contributed by atoms with van der Waals surface area (Å²) in [6, 6.07) is 7.30. The van der Waals surface area contributed by atoms with Gasteiger partial charge in [-0.15, -0.1) is 12.4 Å². The molecule has 4 nitrogen and oxygen atoms in total. The van der Waals surface area contributed by atoms with Crippen LogP contribution in [-0.2, 0) is 4.79 Å². The van der Waals surface area contributed by atoms with Gasteiger partial charge in [-0.2, -0.15) is 0 Å². The lowest BCUT2D eigenvalue weighted by atomic mass is 10.3. The highest BCUT2D eigenvalue weighted by molar-refractivity contribution is 5.90. The van der Waals surface area contributed by atoms with Gasteiger partial charge in [0.25, 0.3) is 0 Å². The number of ether oxygens (including phenoxy) is 1. The van der Waals surface area contributed by atoms with Crippen molar-refractivity contribution in [1.82, 2.24) is 5.32 Å². The molecule has 90 valence electrons. The first-order valence-corrected chi connectivity index (χ1v) is 4.84. The Hall–Kier alpha value is -1.26. The highest BCUT2D eigenvalue weighted by Gasteiger charge is 2.01. The largest absolute Gasteiger partial charge is 0.497 e. The topological polar surface area (TPSA) is 50.4 Å². The van der Waals surface area contributed by atoms with E-state index in [4.69, 9.17) is 4.74 Å². The first-order valence-electron chi connectivity index (χ1n) is 4.84. The third-order valence-electron chi connectivity index (χ3n) is 1.96. The number of halogens is 1. The molecule has 16 heavy (non-hydrogen) atoms. The molecule has 0 unspecified atom stereocenters. The Balaban J connectivity index is 0.00000225. The van der Waals surface area contributed by atoms with Gasteiger partial charge in [0.1, 0.15) is 5.75 Å². The van der Waals surface area contributed by atoms with Gasteiger partial charge in [-0.05, 0) is 19.2 Å². The van der Waals surface area contributed by atoms with Crippen molar-refractivity contribution >= 4 is 24.0 Å². The van der Waals surface area contributed by atoms with Crippen molar-refractivity contribution in [3.8, 4) is 5.75 Å². The van der Waals surface area contributed by atoms with Gasteiger partial charge in [0, 0.05) is 24.7 Å². The molecule has 0 aliphatic heterocycles. The molecule has 1 amide bonds. The van der Waals surface area contributed by atoms with Gasteiger partial charge in [-0.1, -0.05) is 6.07 Å². The van der Waals surface area contributed by atoms with Crippen LogP contribution in [0, 0.1) is 0 Å². The van der Waals surface area contributed by atoms with Crippen LogP contribution in [0.15, 0.2) is 24.3 Å². The average molecular weight is 245 g/mol. The maximum atomic E-state index is 11.4. The second kappa shape index (κ2) is 7.96. The minimum Gasteiger partial charge on any atom is -0.497 e. The number of methoxy groups -OCH3 is 1. The molecule has 0 aliphatic rings. The smallest absolute Gasteiger partial charge is 0.225 e. The number of hydrogen-bond acceptors (Lipinski definition) is 3. The molecule has 0 saturated heterocycles. The van der Waals surface area contributed by atoms with Crippen molar-refractivity contribution in [2.45, 2.75) is 6.42 Å². The molecule has 0 spiro atoms. The Morgan fingerprint density at radius 1 is 1.44 bits per heavy atom. The molecule has 2 N–H and O–H groups in total. The van der Waals surface area contributed by atoms with E-state index in [2.05, 4.69) is 10.6 Å². The Kier molecular flexibility index (Phi) is 7.33. The highest BCUT2D eigenvalue weighted by Crippen LogP contribution is 2.16. The van der Waals surface area contributed by atoms with Crippen LogP contribution in [-0.4, -0.2) is 26.6 Å². The van der Waals surface area contributed by atoms with Crippen LogP contribution in [0.1, 0.15) is 6.42 Å². The first-order chi connectivity index (χ1) is 7.26. The average Bonchev–Trinajstić information content (AvgIpc) is 2.26. The second-order valence-corrected chi connectivity index (χ2v) is 3.13. The maximum Gasteiger partial charge on any atom is 0.225 e. The van der Waals surface area contributed by atoms with Crippen LogP contribution in [0.4, 0.5) is 5.69 Å². The minimum atomic E-state index is -0.00222. The fourth-order valence-corrected chi connectivity index (χ4v) is 1.16. The van der Waals surface area contributed by atoms with Gasteiger partial charge in [-0.3, -0.25) is 4.79 Å². The van der Waals surface area contributed by atoms with E-state index in [0.717, 1.165) is 11.4 Å². The predicted octanol–water partition coefficient (Wildman–Crippen LogP) is 1.66. The number of anilines is 1. The summed E-state index contributed by atoms with van der Waals surface area (Å²) in [5.74, 6) is 0.735. The van der Waals surface area contributed by atoms with Crippen molar-refractivity contribution in [1.29, 1.82) is 0 Å². The van der Waals surface area contributed by atoms with Crippen LogP contribution in [0.25, 0.3) is 0 Å². The summed E-state index contributed by atoms with van der Waals surface area (Å²) in [5.41, 5.74) is 0.760. The van der Waals surface area contributed by atoms with E-state index < -0.39 is 0 Å². The number of hydrogen-bond donors (Lipinski definition) is 2. The molecule has 0 saturated carbocycles. The van der Waals surface area contributed by atoms with E-state index in [1.165, 1.54) is 0 Å². The quantitative estimate of drug-likeness (QED) is 0.829. The molecule has 1 aromatic rings. The van der Waals surface area contributed by atoms with Crippen LogP contribution >= 0.6 is 12.4 Å². The van der Waals surface area contributed by atoms with E-state index in [9.17, 15) is 4.79 Å². The third-order valence-corrected chi connectivity index (χ3v) is 1.96. The molecule has 1 rings (SSSR count). The molecule has 5 heteroatoms. The van der Waals surface area contributed by atoms with Crippen molar-refractivity contribution < 1.29 is 9.53 Å². The molecule has 0 fully saturated rings. The van der Waals surface area contributed by atoms with Gasteiger partial charge in [0.15, 0.2) is 0 Å². The van der Waals surface area contributed by atoms with Crippen molar-refractivity contribution in [3.05, 3.63) is 24.3 Å². The zero-order chi connectivity index (χ0) is 11.1. The van der Waals surface area contributed by atoms with E-state index in [0.29, 0.717) is 13.0 Å². The Bertz CT molecular complexity index is 332. The Labute approximate surface area is 102 Å². The summed E-state index contributed by atoms with van der Waals surface area (Å²) in [6.45, 7) is 0.676. The summed E-state index contributed by atoms with van der Waals surface area (Å²) in [4.78, 5) is 11.4. The number of nitrogens with one attached hydrogen (secondary N) is 2. The lowest BCUT2D eigenvalue weighted by molar-refractivity contribution is -0.116. The molecular formula is C11H17ClN2O2. The minimum absolute atomic E-state index is 0. The summed E-state index contributed by atoms with van der Waals surface area (Å²) in [6.07, 6.45) is 0.466. The van der Waals surface area contributed by atoms with Gasteiger partial charge in [0.05, 0.1) is 7.11 Å². The molecule has 0 bridgehead atoms. The fraction of sp³-hybridized carbons (Fsp3) is 0.364. The van der Waals surface area contributed by atoms with E-state index in [1.54, 1.807) is 13.2 Å². The van der Waals surface area contributed by atoms with E-state index in [-0.39, 0.29) is 18.3 Å². The van der Waals surface area contributed by atoms with Gasteiger partial charge in [0.2, 0.25) is 5.91 Å². The van der Waals surface area contributed by atoms with Crippen molar-refractivity contribution in [2.24, 2.45) is 0 Å². The monoisotopic (exact) mass is 244 g/mol. The predicted molar refractivity (Wildman–Crippen MR) is 67.4 cm³/mol. The number of amides is 1. The zero-order valence-electron chi connectivity index (χ0n) is 9.45. The molecule has 0 aliphatic carbocycles. The molecule has 0 heterocycles. The van der Waals surface area contributed by atoms with Gasteiger partial charge >= 0.3 is 0 Å². The molecule has 1 aromatic carbocycles. The van der Waals surface area contributed by atoms with Gasteiger partial charge in [-0.25, -0.2) is 0 Å². The number of benzene rings is 1. The molecule has 0 radical (unpaired) electrons. The van der Waals surface area contributed by atoms with Crippen LogP contribution < -0.4 is 15.4 Å². The Morgan fingerprint density at radius 2 is 2.19 bits per heavy atom. The standard InChI is InChI=1S/C11H16N2O2.ClH/c1-12-7-6-11(14)13-9-4-3-5-10(8-9)15-2;/h3-5,8,12H,6-7H2,1-2H3,(H,13,14);1H. The maximum absolute atomic E-state index is 11.4. The lowest BCUT2D eigenvalue weighted by Crippen LogP contribution is -2.18. The Morgan fingerprint density at radius 3 is 2.81 bits per heavy atom. The molecule has 0 atom stereocenters. The van der Waals surface area contributed by atoms with E-state index in [1.807, 2.05) is 25.2 Å². The third kappa shape index (κ3) is 5.00. The second-order valence-electron chi connectivity index (χ2n) is 3.13. The van der Waals surface area contributed by atoms with Crippen molar-refractivity contribution in [3.63, 3.8) is 0 Å².